The third-order valence-electron chi connectivity index (χ3n) is 5.43. The molecule has 0 radical (unpaired) electrons. The molecule has 1 fully saturated rings. The second-order valence-electron chi connectivity index (χ2n) is 8.96. The highest BCUT2D eigenvalue weighted by atomic mass is 32.2. The van der Waals surface area contributed by atoms with E-state index in [-0.39, 0.29) is 22.3 Å². The minimum atomic E-state index is -3.93. The first-order valence-electron chi connectivity index (χ1n) is 9.98. The lowest BCUT2D eigenvalue weighted by Crippen LogP contribution is -2.33. The SMILES string of the molecule is Cc1cc(N2C(=O)C(C)(C)CS2(=O)=O)ccc1S(=O)(=O)Nc1c(C)cccc1C(C)C. The Balaban J connectivity index is 2.02. The third kappa shape index (κ3) is 4.21. The second-order valence-corrected chi connectivity index (χ2v) is 12.4. The first kappa shape index (κ1) is 23.3. The summed E-state index contributed by atoms with van der Waals surface area (Å²) in [7, 11) is -7.74. The van der Waals surface area contributed by atoms with Gasteiger partial charge < -0.3 is 0 Å². The van der Waals surface area contributed by atoms with Crippen molar-refractivity contribution >= 4 is 37.3 Å². The van der Waals surface area contributed by atoms with E-state index in [0.717, 1.165) is 15.4 Å². The third-order valence-corrected chi connectivity index (χ3v) is 8.96. The van der Waals surface area contributed by atoms with Gasteiger partial charge in [-0.05, 0) is 68.5 Å². The molecular formula is C22H28N2O5S2. The van der Waals surface area contributed by atoms with Gasteiger partial charge in [-0.1, -0.05) is 32.0 Å². The van der Waals surface area contributed by atoms with Crippen LogP contribution >= 0.6 is 0 Å². The van der Waals surface area contributed by atoms with Crippen molar-refractivity contribution in [3.63, 3.8) is 0 Å². The van der Waals surface area contributed by atoms with Crippen molar-refractivity contribution in [1.29, 1.82) is 0 Å². The quantitative estimate of drug-likeness (QED) is 0.723. The lowest BCUT2D eigenvalue weighted by atomic mass is 9.95. The highest BCUT2D eigenvalue weighted by Crippen LogP contribution is 2.37. The van der Waals surface area contributed by atoms with E-state index in [1.165, 1.54) is 18.2 Å². The molecule has 1 aliphatic heterocycles. The van der Waals surface area contributed by atoms with Gasteiger partial charge in [0.15, 0.2) is 0 Å². The molecule has 0 bridgehead atoms. The van der Waals surface area contributed by atoms with Gasteiger partial charge >= 0.3 is 0 Å². The summed E-state index contributed by atoms with van der Waals surface area (Å²) in [5.41, 5.74) is 1.69. The molecule has 168 valence electrons. The van der Waals surface area contributed by atoms with Crippen LogP contribution in [0.15, 0.2) is 41.3 Å². The number of benzene rings is 2. The van der Waals surface area contributed by atoms with Crippen molar-refractivity contribution in [2.75, 3.05) is 14.8 Å². The Kier molecular flexibility index (Phi) is 5.73. The molecule has 1 saturated heterocycles. The minimum absolute atomic E-state index is 0.0255. The van der Waals surface area contributed by atoms with E-state index in [2.05, 4.69) is 4.72 Å². The first-order chi connectivity index (χ1) is 14.2. The van der Waals surface area contributed by atoms with E-state index in [1.807, 2.05) is 39.0 Å². The van der Waals surface area contributed by atoms with Gasteiger partial charge in [-0.25, -0.2) is 21.1 Å². The molecule has 0 atom stereocenters. The Labute approximate surface area is 184 Å². The number of rotatable bonds is 5. The number of hydrogen-bond donors (Lipinski definition) is 1. The summed E-state index contributed by atoms with van der Waals surface area (Å²) in [4.78, 5) is 12.7. The molecule has 1 heterocycles. The van der Waals surface area contributed by atoms with Gasteiger partial charge in [-0.2, -0.15) is 0 Å². The van der Waals surface area contributed by atoms with Gasteiger partial charge in [0.1, 0.15) is 0 Å². The van der Waals surface area contributed by atoms with Crippen molar-refractivity contribution in [2.45, 2.75) is 52.4 Å². The summed E-state index contributed by atoms with van der Waals surface area (Å²) in [6.07, 6.45) is 0. The van der Waals surface area contributed by atoms with Crippen LogP contribution in [0.1, 0.15) is 50.3 Å². The summed E-state index contributed by atoms with van der Waals surface area (Å²) in [5, 5.41) is 0. The molecule has 0 spiro atoms. The van der Waals surface area contributed by atoms with Crippen LogP contribution in [0.4, 0.5) is 11.4 Å². The van der Waals surface area contributed by atoms with Gasteiger partial charge in [0.2, 0.25) is 15.9 Å². The molecule has 1 N–H and O–H groups in total. The molecule has 31 heavy (non-hydrogen) atoms. The zero-order chi connectivity index (χ0) is 23.4. The number of amides is 1. The van der Waals surface area contributed by atoms with E-state index in [0.29, 0.717) is 11.3 Å². The van der Waals surface area contributed by atoms with Crippen molar-refractivity contribution in [2.24, 2.45) is 5.41 Å². The maximum atomic E-state index is 13.2. The van der Waals surface area contributed by atoms with Gasteiger partial charge in [-0.3, -0.25) is 9.52 Å². The Morgan fingerprint density at radius 3 is 2.23 bits per heavy atom. The van der Waals surface area contributed by atoms with Gasteiger partial charge in [0.05, 0.1) is 27.4 Å². The summed E-state index contributed by atoms with van der Waals surface area (Å²) in [5.74, 6) is -0.692. The maximum absolute atomic E-state index is 13.2. The van der Waals surface area contributed by atoms with Crippen LogP contribution in [-0.4, -0.2) is 28.5 Å². The van der Waals surface area contributed by atoms with Crippen LogP contribution in [-0.2, 0) is 24.8 Å². The summed E-state index contributed by atoms with van der Waals surface area (Å²) >= 11 is 0. The monoisotopic (exact) mass is 464 g/mol. The number of anilines is 2. The zero-order valence-electron chi connectivity index (χ0n) is 18.6. The van der Waals surface area contributed by atoms with Crippen molar-refractivity contribution in [3.8, 4) is 0 Å². The fourth-order valence-electron chi connectivity index (χ4n) is 3.82. The van der Waals surface area contributed by atoms with Gasteiger partial charge in [0, 0.05) is 0 Å². The number of hydrogen-bond acceptors (Lipinski definition) is 5. The zero-order valence-corrected chi connectivity index (χ0v) is 20.2. The van der Waals surface area contributed by atoms with E-state index in [9.17, 15) is 21.6 Å². The Morgan fingerprint density at radius 1 is 1.06 bits per heavy atom. The smallest absolute Gasteiger partial charge is 0.262 e. The number of carbonyl (C=O) groups is 1. The van der Waals surface area contributed by atoms with Crippen LogP contribution in [0.25, 0.3) is 0 Å². The molecule has 2 aromatic carbocycles. The van der Waals surface area contributed by atoms with Gasteiger partial charge in [0.25, 0.3) is 10.0 Å². The Morgan fingerprint density at radius 2 is 1.71 bits per heavy atom. The molecule has 7 nitrogen and oxygen atoms in total. The van der Waals surface area contributed by atoms with E-state index in [4.69, 9.17) is 0 Å². The molecule has 1 amide bonds. The normalized spacial score (nSPS) is 17.9. The number of aryl methyl sites for hydroxylation is 2. The predicted molar refractivity (Wildman–Crippen MR) is 122 cm³/mol. The summed E-state index contributed by atoms with van der Waals surface area (Å²) in [6.45, 7) is 10.6. The number of sulfonamides is 2. The standard InChI is InChI=1S/C22H28N2O5S2/c1-14(2)18-9-7-8-15(3)20(18)23-31(28,29)19-11-10-17(12-16(19)4)24-21(25)22(5,6)13-30(24,26)27/h7-12,14,23H,13H2,1-6H3. The largest absolute Gasteiger partial charge is 0.279 e. The van der Waals surface area contributed by atoms with Gasteiger partial charge in [-0.15, -0.1) is 0 Å². The van der Waals surface area contributed by atoms with Crippen molar-refractivity contribution < 1.29 is 21.6 Å². The van der Waals surface area contributed by atoms with Crippen LogP contribution in [0.3, 0.4) is 0 Å². The van der Waals surface area contributed by atoms with Crippen molar-refractivity contribution in [1.82, 2.24) is 0 Å². The molecular weight excluding hydrogens is 436 g/mol. The molecule has 0 aromatic heterocycles. The molecule has 0 aliphatic carbocycles. The predicted octanol–water partition coefficient (Wildman–Crippen LogP) is 3.93. The van der Waals surface area contributed by atoms with Crippen LogP contribution in [0, 0.1) is 19.3 Å². The fourth-order valence-corrected chi connectivity index (χ4v) is 7.31. The van der Waals surface area contributed by atoms with E-state index >= 15 is 0 Å². The lowest BCUT2D eigenvalue weighted by Gasteiger charge is -2.20. The molecule has 2 aromatic rings. The fraction of sp³-hybridized carbons (Fsp3) is 0.409. The molecule has 0 unspecified atom stereocenters. The lowest BCUT2D eigenvalue weighted by molar-refractivity contribution is -0.123. The minimum Gasteiger partial charge on any atom is -0.279 e. The van der Waals surface area contributed by atoms with Crippen molar-refractivity contribution in [3.05, 3.63) is 53.1 Å². The molecule has 1 aliphatic rings. The second kappa shape index (κ2) is 7.63. The molecule has 3 rings (SSSR count). The number of para-hydroxylation sites is 1. The highest BCUT2D eigenvalue weighted by Gasteiger charge is 2.50. The van der Waals surface area contributed by atoms with Crippen LogP contribution < -0.4 is 9.03 Å². The number of nitrogens with zero attached hydrogens (tertiary/aromatic N) is 1. The van der Waals surface area contributed by atoms with E-state index < -0.39 is 31.4 Å². The number of nitrogens with one attached hydrogen (secondary N) is 1. The maximum Gasteiger partial charge on any atom is 0.262 e. The highest BCUT2D eigenvalue weighted by molar-refractivity contribution is 7.94. The molecule has 9 heteroatoms. The average molecular weight is 465 g/mol. The summed E-state index contributed by atoms with van der Waals surface area (Å²) in [6, 6.07) is 9.74. The Bertz CT molecular complexity index is 1260. The van der Waals surface area contributed by atoms with E-state index in [1.54, 1.807) is 20.8 Å². The van der Waals surface area contributed by atoms with Crippen LogP contribution in [0.5, 0.6) is 0 Å². The summed E-state index contributed by atoms with van der Waals surface area (Å²) < 4.78 is 54.9. The topological polar surface area (TPSA) is 101 Å². The van der Waals surface area contributed by atoms with Crippen LogP contribution in [0.2, 0.25) is 0 Å². The Hall–Kier alpha value is -2.39. The first-order valence-corrected chi connectivity index (χ1v) is 13.1. The average Bonchev–Trinajstić information content (AvgIpc) is 2.78. The number of carbonyl (C=O) groups excluding carboxylic acids is 1. The molecule has 0 saturated carbocycles.